The lowest BCUT2D eigenvalue weighted by Crippen LogP contribution is -2.32. The van der Waals surface area contributed by atoms with Crippen molar-refractivity contribution in [1.82, 2.24) is 0 Å². The molecule has 1 aliphatic heterocycles. The molecule has 0 saturated heterocycles. The molecule has 0 fully saturated rings. The van der Waals surface area contributed by atoms with E-state index in [0.29, 0.717) is 22.3 Å². The number of anilines is 2. The highest BCUT2D eigenvalue weighted by molar-refractivity contribution is 6.53. The normalized spacial score (nSPS) is 14.6. The van der Waals surface area contributed by atoms with Gasteiger partial charge < -0.3 is 5.32 Å². The standard InChI is InChI=1S/C20H18Cl2N2O2/c1-11(2)13-5-8-15(9-6-13)23-18-17(22)19(25)24(20(18)26)16-10-14(21)7-4-12(16)3/h4-11,23H,1-3H3. The minimum Gasteiger partial charge on any atom is -0.350 e. The third-order valence-electron chi connectivity index (χ3n) is 4.29. The zero-order chi connectivity index (χ0) is 19.0. The van der Waals surface area contributed by atoms with Crippen LogP contribution in [0.5, 0.6) is 0 Å². The van der Waals surface area contributed by atoms with Gasteiger partial charge in [-0.1, -0.05) is 55.2 Å². The van der Waals surface area contributed by atoms with Crippen molar-refractivity contribution in [2.24, 2.45) is 0 Å². The zero-order valence-corrected chi connectivity index (χ0v) is 16.2. The molecule has 0 unspecified atom stereocenters. The number of hydrogen-bond acceptors (Lipinski definition) is 3. The van der Waals surface area contributed by atoms with Gasteiger partial charge >= 0.3 is 0 Å². The van der Waals surface area contributed by atoms with Gasteiger partial charge in [-0.25, -0.2) is 4.90 Å². The van der Waals surface area contributed by atoms with Crippen molar-refractivity contribution in [3.8, 4) is 0 Å². The summed E-state index contributed by atoms with van der Waals surface area (Å²) in [6, 6.07) is 12.7. The van der Waals surface area contributed by atoms with Gasteiger partial charge in [0.15, 0.2) is 0 Å². The van der Waals surface area contributed by atoms with Gasteiger partial charge in [-0.15, -0.1) is 0 Å². The van der Waals surface area contributed by atoms with E-state index in [0.717, 1.165) is 10.5 Å². The maximum atomic E-state index is 12.8. The molecule has 0 aliphatic carbocycles. The number of halogens is 2. The summed E-state index contributed by atoms with van der Waals surface area (Å²) in [4.78, 5) is 26.4. The van der Waals surface area contributed by atoms with Gasteiger partial charge in [0, 0.05) is 10.7 Å². The first kappa shape index (κ1) is 18.5. The Labute approximate surface area is 162 Å². The van der Waals surface area contributed by atoms with E-state index in [9.17, 15) is 9.59 Å². The average Bonchev–Trinajstić information content (AvgIpc) is 2.81. The van der Waals surface area contributed by atoms with Gasteiger partial charge in [0.05, 0.1) is 5.69 Å². The minimum absolute atomic E-state index is 0.0633. The topological polar surface area (TPSA) is 49.4 Å². The number of rotatable bonds is 4. The number of benzene rings is 2. The van der Waals surface area contributed by atoms with Crippen LogP contribution in [-0.2, 0) is 9.59 Å². The number of imide groups is 1. The number of carbonyl (C=O) groups is 2. The molecule has 0 atom stereocenters. The van der Waals surface area contributed by atoms with E-state index < -0.39 is 11.8 Å². The van der Waals surface area contributed by atoms with Crippen LogP contribution >= 0.6 is 23.2 Å². The second-order valence-corrected chi connectivity index (χ2v) is 7.28. The molecule has 1 heterocycles. The Morgan fingerprint density at radius 3 is 2.23 bits per heavy atom. The number of aryl methyl sites for hydroxylation is 1. The predicted octanol–water partition coefficient (Wildman–Crippen LogP) is 5.21. The fourth-order valence-corrected chi connectivity index (χ4v) is 3.13. The van der Waals surface area contributed by atoms with Gasteiger partial charge in [-0.3, -0.25) is 9.59 Å². The molecule has 134 valence electrons. The van der Waals surface area contributed by atoms with E-state index in [1.165, 1.54) is 5.56 Å². The predicted molar refractivity (Wildman–Crippen MR) is 106 cm³/mol. The monoisotopic (exact) mass is 388 g/mol. The van der Waals surface area contributed by atoms with Gasteiger partial charge in [0.1, 0.15) is 10.7 Å². The smallest absolute Gasteiger partial charge is 0.283 e. The van der Waals surface area contributed by atoms with Crippen molar-refractivity contribution in [2.45, 2.75) is 26.7 Å². The number of hydrogen-bond donors (Lipinski definition) is 1. The molecule has 26 heavy (non-hydrogen) atoms. The lowest BCUT2D eigenvalue weighted by molar-refractivity contribution is -0.120. The van der Waals surface area contributed by atoms with E-state index in [4.69, 9.17) is 23.2 Å². The summed E-state index contributed by atoms with van der Waals surface area (Å²) in [5, 5.41) is 3.27. The van der Waals surface area contributed by atoms with Crippen molar-refractivity contribution in [2.75, 3.05) is 10.2 Å². The molecule has 1 aliphatic rings. The Bertz CT molecular complexity index is 918. The van der Waals surface area contributed by atoms with Crippen LogP contribution in [0.15, 0.2) is 53.2 Å². The molecule has 0 spiro atoms. The average molecular weight is 389 g/mol. The number of carbonyl (C=O) groups excluding carboxylic acids is 2. The molecule has 0 radical (unpaired) electrons. The van der Waals surface area contributed by atoms with E-state index >= 15 is 0 Å². The van der Waals surface area contributed by atoms with E-state index in [1.807, 2.05) is 24.3 Å². The van der Waals surface area contributed by atoms with Crippen LogP contribution in [0.2, 0.25) is 5.02 Å². The second kappa shape index (κ2) is 7.14. The van der Waals surface area contributed by atoms with Gasteiger partial charge in [-0.05, 0) is 48.2 Å². The van der Waals surface area contributed by atoms with Crippen LogP contribution in [0.4, 0.5) is 11.4 Å². The molecule has 0 bridgehead atoms. The van der Waals surface area contributed by atoms with Crippen molar-refractivity contribution < 1.29 is 9.59 Å². The maximum Gasteiger partial charge on any atom is 0.283 e. The maximum absolute atomic E-state index is 12.8. The van der Waals surface area contributed by atoms with Crippen molar-refractivity contribution in [1.29, 1.82) is 0 Å². The van der Waals surface area contributed by atoms with Gasteiger partial charge in [-0.2, -0.15) is 0 Å². The molecule has 1 N–H and O–H groups in total. The summed E-state index contributed by atoms with van der Waals surface area (Å²) < 4.78 is 0. The Morgan fingerprint density at radius 1 is 0.962 bits per heavy atom. The summed E-state index contributed by atoms with van der Waals surface area (Å²) in [7, 11) is 0. The number of amides is 2. The molecular formula is C20H18Cl2N2O2. The van der Waals surface area contributed by atoms with Crippen LogP contribution in [-0.4, -0.2) is 11.8 Å². The molecule has 4 nitrogen and oxygen atoms in total. The number of nitrogens with one attached hydrogen (secondary N) is 1. The van der Waals surface area contributed by atoms with E-state index in [-0.39, 0.29) is 10.7 Å². The fraction of sp³-hybridized carbons (Fsp3) is 0.200. The van der Waals surface area contributed by atoms with Crippen LogP contribution in [0.3, 0.4) is 0 Å². The van der Waals surface area contributed by atoms with Gasteiger partial charge in [0.25, 0.3) is 11.8 Å². The Hall–Kier alpha value is -2.30. The first-order valence-corrected chi connectivity index (χ1v) is 8.97. The first-order chi connectivity index (χ1) is 12.3. The van der Waals surface area contributed by atoms with E-state index in [1.54, 1.807) is 25.1 Å². The second-order valence-electron chi connectivity index (χ2n) is 6.47. The molecule has 2 amide bonds. The van der Waals surface area contributed by atoms with Crippen molar-refractivity contribution >= 4 is 46.4 Å². The number of nitrogens with zero attached hydrogens (tertiary/aromatic N) is 1. The van der Waals surface area contributed by atoms with Crippen LogP contribution in [0, 0.1) is 6.92 Å². The summed E-state index contributed by atoms with van der Waals surface area (Å²) in [6.07, 6.45) is 0. The Morgan fingerprint density at radius 2 is 1.62 bits per heavy atom. The van der Waals surface area contributed by atoms with E-state index in [2.05, 4.69) is 19.2 Å². The molecule has 2 aromatic carbocycles. The fourth-order valence-electron chi connectivity index (χ4n) is 2.75. The third-order valence-corrected chi connectivity index (χ3v) is 4.87. The molecule has 0 aromatic heterocycles. The molecule has 0 saturated carbocycles. The molecule has 6 heteroatoms. The first-order valence-electron chi connectivity index (χ1n) is 8.21. The summed E-state index contributed by atoms with van der Waals surface area (Å²) >= 11 is 12.2. The quantitative estimate of drug-likeness (QED) is 0.731. The molecule has 3 rings (SSSR count). The third kappa shape index (κ3) is 3.35. The highest BCUT2D eigenvalue weighted by Crippen LogP contribution is 2.33. The van der Waals surface area contributed by atoms with Crippen molar-refractivity contribution in [3.63, 3.8) is 0 Å². The Balaban J connectivity index is 1.90. The summed E-state index contributed by atoms with van der Waals surface area (Å²) in [6.45, 7) is 6.01. The molecular weight excluding hydrogens is 371 g/mol. The van der Waals surface area contributed by atoms with Crippen LogP contribution < -0.4 is 10.2 Å². The SMILES string of the molecule is Cc1ccc(Cl)cc1N1C(=O)C(Cl)=C(Nc2ccc(C(C)C)cc2)C1=O. The lowest BCUT2D eigenvalue weighted by atomic mass is 10.0. The van der Waals surface area contributed by atoms with Gasteiger partial charge in [0.2, 0.25) is 0 Å². The summed E-state index contributed by atoms with van der Waals surface area (Å²) in [5.41, 5.74) is 3.11. The van der Waals surface area contributed by atoms with Crippen LogP contribution in [0.25, 0.3) is 0 Å². The zero-order valence-electron chi connectivity index (χ0n) is 14.6. The Kier molecular flexibility index (Phi) is 5.08. The molecule has 2 aromatic rings. The summed E-state index contributed by atoms with van der Waals surface area (Å²) in [5.74, 6) is -0.663. The highest BCUT2D eigenvalue weighted by atomic mass is 35.5. The van der Waals surface area contributed by atoms with Crippen molar-refractivity contribution in [3.05, 3.63) is 69.3 Å². The highest BCUT2D eigenvalue weighted by Gasteiger charge is 2.39. The largest absolute Gasteiger partial charge is 0.350 e. The minimum atomic E-state index is -0.566. The lowest BCUT2D eigenvalue weighted by Gasteiger charge is -2.18. The van der Waals surface area contributed by atoms with Crippen LogP contribution in [0.1, 0.15) is 30.9 Å².